The highest BCUT2D eigenvalue weighted by molar-refractivity contribution is 6.32. The van der Waals surface area contributed by atoms with Crippen molar-refractivity contribution < 1.29 is 9.47 Å². The Morgan fingerprint density at radius 2 is 2.13 bits per heavy atom. The normalized spacial score (nSPS) is 10.3. The molecule has 1 aromatic rings. The maximum atomic E-state index is 6.00. The van der Waals surface area contributed by atoms with Crippen LogP contribution in [0, 0.1) is 0 Å². The zero-order chi connectivity index (χ0) is 11.1. The second kappa shape index (κ2) is 6.67. The molecule has 0 amide bonds. The number of rotatable bonds is 6. The van der Waals surface area contributed by atoms with Gasteiger partial charge in [0.05, 0.1) is 18.9 Å². The van der Waals surface area contributed by atoms with Crippen molar-refractivity contribution in [3.05, 3.63) is 28.8 Å². The first-order valence-corrected chi connectivity index (χ1v) is 5.17. The highest BCUT2D eigenvalue weighted by Gasteiger charge is 2.01. The minimum absolute atomic E-state index is 0.573. The number of ether oxygens (including phenoxy) is 2. The molecule has 0 bridgehead atoms. The van der Waals surface area contributed by atoms with E-state index in [9.17, 15) is 0 Å². The summed E-state index contributed by atoms with van der Waals surface area (Å²) in [5, 5.41) is 3.79. The van der Waals surface area contributed by atoms with Gasteiger partial charge >= 0.3 is 0 Å². The lowest BCUT2D eigenvalue weighted by atomic mass is 10.1. The van der Waals surface area contributed by atoms with Gasteiger partial charge in [0.1, 0.15) is 5.75 Å². The van der Waals surface area contributed by atoms with Gasteiger partial charge in [-0.2, -0.15) is 0 Å². The van der Waals surface area contributed by atoms with E-state index in [2.05, 4.69) is 5.32 Å². The second-order valence-electron chi connectivity index (χ2n) is 3.15. The molecule has 4 heteroatoms. The minimum atomic E-state index is 0.573. The number of halogens is 1. The summed E-state index contributed by atoms with van der Waals surface area (Å²) in [7, 11) is 3.28. The molecular formula is C11H16ClNO2. The van der Waals surface area contributed by atoms with Crippen LogP contribution in [0.15, 0.2) is 18.2 Å². The van der Waals surface area contributed by atoms with Crippen molar-refractivity contribution in [2.45, 2.75) is 6.42 Å². The van der Waals surface area contributed by atoms with Crippen molar-refractivity contribution in [3.63, 3.8) is 0 Å². The van der Waals surface area contributed by atoms with E-state index in [1.165, 1.54) is 5.56 Å². The van der Waals surface area contributed by atoms with E-state index in [0.29, 0.717) is 17.5 Å². The maximum Gasteiger partial charge on any atom is 0.137 e. The largest absolute Gasteiger partial charge is 0.495 e. The zero-order valence-corrected chi connectivity index (χ0v) is 9.80. The van der Waals surface area contributed by atoms with Crippen LogP contribution in [0.25, 0.3) is 0 Å². The molecule has 3 nitrogen and oxygen atoms in total. The Kier molecular flexibility index (Phi) is 5.47. The van der Waals surface area contributed by atoms with E-state index in [-0.39, 0.29) is 0 Å². The summed E-state index contributed by atoms with van der Waals surface area (Å²) in [4.78, 5) is 0. The van der Waals surface area contributed by atoms with Crippen LogP contribution < -0.4 is 10.1 Å². The van der Waals surface area contributed by atoms with E-state index in [1.807, 2.05) is 18.2 Å². The fraction of sp³-hybridized carbons (Fsp3) is 0.455. The van der Waals surface area contributed by atoms with Crippen LogP contribution in [0.5, 0.6) is 5.75 Å². The summed E-state index contributed by atoms with van der Waals surface area (Å²) in [6.45, 7) is 1.44. The average Bonchev–Trinajstić information content (AvgIpc) is 2.25. The number of hydrogen-bond acceptors (Lipinski definition) is 3. The molecule has 15 heavy (non-hydrogen) atoms. The third-order valence-electron chi connectivity index (χ3n) is 2.05. The van der Waals surface area contributed by atoms with Crippen LogP contribution in [0.4, 0.5) is 0 Å². The van der Waals surface area contributed by atoms with Gasteiger partial charge in [0.15, 0.2) is 0 Å². The summed E-state index contributed by atoms with van der Waals surface area (Å²) >= 11 is 6.00. The van der Waals surface area contributed by atoms with E-state index in [1.54, 1.807) is 14.2 Å². The van der Waals surface area contributed by atoms with Crippen molar-refractivity contribution >= 4 is 11.6 Å². The fourth-order valence-electron chi connectivity index (χ4n) is 1.27. The number of benzene rings is 1. The van der Waals surface area contributed by atoms with E-state index < -0.39 is 0 Å². The fourth-order valence-corrected chi connectivity index (χ4v) is 1.55. The van der Waals surface area contributed by atoms with Gasteiger partial charge in [0.25, 0.3) is 0 Å². The lowest BCUT2D eigenvalue weighted by molar-refractivity contribution is 0.176. The molecule has 1 N–H and O–H groups in total. The van der Waals surface area contributed by atoms with Crippen LogP contribution in [0.2, 0.25) is 5.02 Å². The third-order valence-corrected chi connectivity index (χ3v) is 2.35. The quantitative estimate of drug-likeness (QED) is 0.599. The van der Waals surface area contributed by atoms with Gasteiger partial charge in [-0.3, -0.25) is 5.32 Å². The smallest absolute Gasteiger partial charge is 0.137 e. The van der Waals surface area contributed by atoms with Crippen LogP contribution >= 0.6 is 11.6 Å². The number of nitrogens with one attached hydrogen (secondary N) is 1. The third kappa shape index (κ3) is 4.08. The van der Waals surface area contributed by atoms with E-state index in [0.717, 1.165) is 13.0 Å². The van der Waals surface area contributed by atoms with Gasteiger partial charge in [0.2, 0.25) is 0 Å². The van der Waals surface area contributed by atoms with Crippen molar-refractivity contribution in [3.8, 4) is 5.75 Å². The zero-order valence-electron chi connectivity index (χ0n) is 9.05. The SMILES string of the molecule is COCNCCc1ccc(OC)c(Cl)c1. The predicted molar refractivity (Wildman–Crippen MR) is 61.6 cm³/mol. The minimum Gasteiger partial charge on any atom is -0.495 e. The Bertz CT molecular complexity index is 305. The van der Waals surface area contributed by atoms with Crippen molar-refractivity contribution in [2.24, 2.45) is 0 Å². The Morgan fingerprint density at radius 1 is 1.33 bits per heavy atom. The van der Waals surface area contributed by atoms with Gasteiger partial charge in [-0.05, 0) is 24.1 Å². The lowest BCUT2D eigenvalue weighted by Gasteiger charge is -2.06. The van der Waals surface area contributed by atoms with Gasteiger partial charge in [-0.1, -0.05) is 17.7 Å². The Morgan fingerprint density at radius 3 is 2.73 bits per heavy atom. The van der Waals surface area contributed by atoms with Gasteiger partial charge in [-0.25, -0.2) is 0 Å². The Hall–Kier alpha value is -0.770. The predicted octanol–water partition coefficient (Wildman–Crippen LogP) is 2.08. The summed E-state index contributed by atoms with van der Waals surface area (Å²) in [6.07, 6.45) is 0.924. The molecule has 0 aliphatic rings. The second-order valence-corrected chi connectivity index (χ2v) is 3.56. The molecule has 0 aliphatic heterocycles. The molecule has 0 saturated carbocycles. The summed E-state index contributed by atoms with van der Waals surface area (Å²) in [5.41, 5.74) is 1.18. The first-order chi connectivity index (χ1) is 7.27. The average molecular weight is 230 g/mol. The molecule has 84 valence electrons. The van der Waals surface area contributed by atoms with Gasteiger partial charge < -0.3 is 9.47 Å². The van der Waals surface area contributed by atoms with Gasteiger partial charge in [-0.15, -0.1) is 0 Å². The molecule has 0 aromatic heterocycles. The van der Waals surface area contributed by atoms with Gasteiger partial charge in [0, 0.05) is 13.7 Å². The lowest BCUT2D eigenvalue weighted by Crippen LogP contribution is -2.19. The topological polar surface area (TPSA) is 30.5 Å². The standard InChI is InChI=1S/C11H16ClNO2/c1-14-8-13-6-5-9-3-4-11(15-2)10(12)7-9/h3-4,7,13H,5-6,8H2,1-2H3. The Balaban J connectivity index is 2.45. The van der Waals surface area contributed by atoms with Crippen LogP contribution in [0.3, 0.4) is 0 Å². The molecule has 0 saturated heterocycles. The van der Waals surface area contributed by atoms with E-state index in [4.69, 9.17) is 21.1 Å². The highest BCUT2D eigenvalue weighted by Crippen LogP contribution is 2.24. The van der Waals surface area contributed by atoms with Crippen LogP contribution in [0.1, 0.15) is 5.56 Å². The summed E-state index contributed by atoms with van der Waals surface area (Å²) in [5.74, 6) is 0.713. The molecule has 1 aromatic carbocycles. The van der Waals surface area contributed by atoms with E-state index >= 15 is 0 Å². The molecule has 0 spiro atoms. The first-order valence-electron chi connectivity index (χ1n) is 4.80. The molecular weight excluding hydrogens is 214 g/mol. The van der Waals surface area contributed by atoms with Crippen molar-refractivity contribution in [1.82, 2.24) is 5.32 Å². The number of methoxy groups -OCH3 is 2. The van der Waals surface area contributed by atoms with Crippen molar-refractivity contribution in [2.75, 3.05) is 27.5 Å². The maximum absolute atomic E-state index is 6.00. The molecule has 0 aliphatic carbocycles. The monoisotopic (exact) mass is 229 g/mol. The molecule has 0 heterocycles. The summed E-state index contributed by atoms with van der Waals surface area (Å²) < 4.78 is 9.96. The highest BCUT2D eigenvalue weighted by atomic mass is 35.5. The first kappa shape index (κ1) is 12.3. The molecule has 0 fully saturated rings. The molecule has 0 radical (unpaired) electrons. The molecule has 0 atom stereocenters. The van der Waals surface area contributed by atoms with Crippen LogP contribution in [-0.2, 0) is 11.2 Å². The van der Waals surface area contributed by atoms with Crippen molar-refractivity contribution in [1.29, 1.82) is 0 Å². The molecule has 0 unspecified atom stereocenters. The molecule has 1 rings (SSSR count). The summed E-state index contributed by atoms with van der Waals surface area (Å²) in [6, 6.07) is 5.82. The Labute approximate surface area is 95.3 Å². The van der Waals surface area contributed by atoms with Crippen LogP contribution in [-0.4, -0.2) is 27.5 Å². The number of hydrogen-bond donors (Lipinski definition) is 1.